The van der Waals surface area contributed by atoms with Gasteiger partial charge in [0, 0.05) is 6.42 Å². The standard InChI is InChI=1S/C21H36O2/c1-3-5-7-17-9-11-18(12-10-17)19-13-15-20(16-14-19)23-21(22)8-6-4-2/h4,17-20H,2-3,5-16H2,1H3. The van der Waals surface area contributed by atoms with Crippen LogP contribution in [0.5, 0.6) is 0 Å². The zero-order valence-corrected chi connectivity index (χ0v) is 15.1. The Bertz CT molecular complexity index is 347. The first-order valence-electron chi connectivity index (χ1n) is 10.0. The number of hydrogen-bond donors (Lipinski definition) is 0. The Balaban J connectivity index is 1.63. The Morgan fingerprint density at radius 3 is 2.22 bits per heavy atom. The molecular formula is C21H36O2. The molecule has 0 aliphatic heterocycles. The molecular weight excluding hydrogens is 284 g/mol. The van der Waals surface area contributed by atoms with Crippen molar-refractivity contribution in [2.45, 2.75) is 96.5 Å². The molecule has 2 aliphatic carbocycles. The van der Waals surface area contributed by atoms with Gasteiger partial charge in [-0.15, -0.1) is 6.58 Å². The number of hydrogen-bond acceptors (Lipinski definition) is 2. The minimum absolute atomic E-state index is 0.0372. The second-order valence-corrected chi connectivity index (χ2v) is 7.78. The van der Waals surface area contributed by atoms with Gasteiger partial charge in [0.1, 0.15) is 6.10 Å². The van der Waals surface area contributed by atoms with Gasteiger partial charge in [0.15, 0.2) is 0 Å². The smallest absolute Gasteiger partial charge is 0.306 e. The third-order valence-corrected chi connectivity index (χ3v) is 6.09. The van der Waals surface area contributed by atoms with E-state index in [9.17, 15) is 4.79 Å². The highest BCUT2D eigenvalue weighted by Crippen LogP contribution is 2.41. The molecule has 0 saturated heterocycles. The highest BCUT2D eigenvalue weighted by molar-refractivity contribution is 5.69. The van der Waals surface area contributed by atoms with Crippen molar-refractivity contribution in [3.8, 4) is 0 Å². The van der Waals surface area contributed by atoms with Gasteiger partial charge in [0.2, 0.25) is 0 Å². The maximum Gasteiger partial charge on any atom is 0.306 e. The van der Waals surface area contributed by atoms with E-state index in [0.717, 1.165) is 37.0 Å². The van der Waals surface area contributed by atoms with E-state index < -0.39 is 0 Å². The molecule has 2 saturated carbocycles. The first kappa shape index (κ1) is 18.5. The number of rotatable bonds is 8. The van der Waals surface area contributed by atoms with E-state index >= 15 is 0 Å². The molecule has 2 nitrogen and oxygen atoms in total. The van der Waals surface area contributed by atoms with Crippen LogP contribution in [-0.4, -0.2) is 12.1 Å². The summed E-state index contributed by atoms with van der Waals surface area (Å²) < 4.78 is 5.60. The highest BCUT2D eigenvalue weighted by atomic mass is 16.5. The van der Waals surface area contributed by atoms with Gasteiger partial charge in [-0.3, -0.25) is 4.79 Å². The first-order chi connectivity index (χ1) is 11.2. The maximum atomic E-state index is 11.7. The molecule has 0 bridgehead atoms. The molecule has 0 aromatic carbocycles. The van der Waals surface area contributed by atoms with Gasteiger partial charge in [-0.2, -0.15) is 0 Å². The van der Waals surface area contributed by atoms with Crippen LogP contribution < -0.4 is 0 Å². The summed E-state index contributed by atoms with van der Waals surface area (Å²) in [6.07, 6.45) is 17.9. The molecule has 0 N–H and O–H groups in total. The molecule has 0 atom stereocenters. The molecule has 0 aromatic rings. The van der Waals surface area contributed by atoms with Crippen molar-refractivity contribution in [1.82, 2.24) is 0 Å². The van der Waals surface area contributed by atoms with Crippen LogP contribution in [0.15, 0.2) is 12.7 Å². The third kappa shape index (κ3) is 6.31. The number of ether oxygens (including phenoxy) is 1. The fraction of sp³-hybridized carbons (Fsp3) is 0.857. The van der Waals surface area contributed by atoms with Gasteiger partial charge < -0.3 is 4.74 Å². The van der Waals surface area contributed by atoms with Crippen molar-refractivity contribution in [2.75, 3.05) is 0 Å². The van der Waals surface area contributed by atoms with Crippen LogP contribution in [-0.2, 0) is 9.53 Å². The summed E-state index contributed by atoms with van der Waals surface area (Å²) in [5, 5.41) is 0. The van der Waals surface area contributed by atoms with Crippen LogP contribution in [0.4, 0.5) is 0 Å². The summed E-state index contributed by atoms with van der Waals surface area (Å²) >= 11 is 0. The largest absolute Gasteiger partial charge is 0.462 e. The topological polar surface area (TPSA) is 26.3 Å². The number of carbonyl (C=O) groups excluding carboxylic acids is 1. The lowest BCUT2D eigenvalue weighted by atomic mass is 9.70. The zero-order valence-electron chi connectivity index (χ0n) is 15.1. The molecule has 0 radical (unpaired) electrons. The average molecular weight is 321 g/mol. The SMILES string of the molecule is C=CCCC(=O)OC1CCC(C2CCC(CCCC)CC2)CC1. The van der Waals surface area contributed by atoms with Crippen molar-refractivity contribution < 1.29 is 9.53 Å². The average Bonchev–Trinajstić information content (AvgIpc) is 2.59. The third-order valence-electron chi connectivity index (χ3n) is 6.09. The number of esters is 1. The highest BCUT2D eigenvalue weighted by Gasteiger charge is 2.31. The van der Waals surface area contributed by atoms with Crippen LogP contribution in [0.25, 0.3) is 0 Å². The summed E-state index contributed by atoms with van der Waals surface area (Å²) in [6, 6.07) is 0. The van der Waals surface area contributed by atoms with Gasteiger partial charge >= 0.3 is 5.97 Å². The van der Waals surface area contributed by atoms with Crippen molar-refractivity contribution in [2.24, 2.45) is 17.8 Å². The molecule has 2 heteroatoms. The van der Waals surface area contributed by atoms with E-state index in [-0.39, 0.29) is 12.1 Å². The van der Waals surface area contributed by atoms with Crippen molar-refractivity contribution in [3.63, 3.8) is 0 Å². The van der Waals surface area contributed by atoms with Crippen LogP contribution in [0.2, 0.25) is 0 Å². The second kappa shape index (κ2) is 10.2. The summed E-state index contributed by atoms with van der Waals surface area (Å²) in [4.78, 5) is 11.7. The van der Waals surface area contributed by atoms with Crippen molar-refractivity contribution >= 4 is 5.97 Å². The van der Waals surface area contributed by atoms with Gasteiger partial charge in [0.05, 0.1) is 0 Å². The summed E-state index contributed by atoms with van der Waals surface area (Å²) in [5.74, 6) is 2.81. The van der Waals surface area contributed by atoms with Gasteiger partial charge in [-0.25, -0.2) is 0 Å². The molecule has 2 fully saturated rings. The Kier molecular flexibility index (Phi) is 8.19. The molecule has 0 heterocycles. The van der Waals surface area contributed by atoms with Crippen molar-refractivity contribution in [1.29, 1.82) is 0 Å². The molecule has 0 unspecified atom stereocenters. The monoisotopic (exact) mass is 320 g/mol. The summed E-state index contributed by atoms with van der Waals surface area (Å²) in [6.45, 7) is 5.95. The van der Waals surface area contributed by atoms with Crippen LogP contribution in [0, 0.1) is 17.8 Å². The second-order valence-electron chi connectivity index (χ2n) is 7.78. The molecule has 2 aliphatic rings. The van der Waals surface area contributed by atoms with Gasteiger partial charge in [-0.05, 0) is 62.7 Å². The Morgan fingerprint density at radius 2 is 1.65 bits per heavy atom. The number of allylic oxidation sites excluding steroid dienone is 1. The lowest BCUT2D eigenvalue weighted by molar-refractivity contribution is -0.151. The molecule has 23 heavy (non-hydrogen) atoms. The lowest BCUT2D eigenvalue weighted by Crippen LogP contribution is -2.29. The minimum atomic E-state index is -0.0372. The first-order valence-corrected chi connectivity index (χ1v) is 10.0. The van der Waals surface area contributed by atoms with Gasteiger partial charge in [0.25, 0.3) is 0 Å². The predicted octanol–water partition coefficient (Wildman–Crippen LogP) is 6.05. The molecule has 132 valence electrons. The Labute approximate surface area is 143 Å². The van der Waals surface area contributed by atoms with Crippen molar-refractivity contribution in [3.05, 3.63) is 12.7 Å². The molecule has 2 rings (SSSR count). The van der Waals surface area contributed by atoms with Crippen LogP contribution >= 0.6 is 0 Å². The molecule has 0 amide bonds. The van der Waals surface area contributed by atoms with E-state index in [1.165, 1.54) is 57.8 Å². The summed E-state index contributed by atoms with van der Waals surface area (Å²) in [5.41, 5.74) is 0. The normalized spacial score (nSPS) is 31.5. The van der Waals surface area contributed by atoms with Crippen LogP contribution in [0.1, 0.15) is 90.4 Å². The quantitative estimate of drug-likeness (QED) is 0.402. The predicted molar refractivity (Wildman–Crippen MR) is 96.2 cm³/mol. The summed E-state index contributed by atoms with van der Waals surface area (Å²) in [7, 11) is 0. The van der Waals surface area contributed by atoms with Gasteiger partial charge in [-0.1, -0.05) is 45.1 Å². The Hall–Kier alpha value is -0.790. The number of unbranched alkanes of at least 4 members (excludes halogenated alkanes) is 1. The lowest BCUT2D eigenvalue weighted by Gasteiger charge is -2.37. The number of carbonyl (C=O) groups is 1. The van der Waals surface area contributed by atoms with Crippen LogP contribution in [0.3, 0.4) is 0 Å². The zero-order chi connectivity index (χ0) is 16.5. The van der Waals surface area contributed by atoms with E-state index in [0.29, 0.717) is 6.42 Å². The van der Waals surface area contributed by atoms with E-state index in [1.807, 2.05) is 0 Å². The minimum Gasteiger partial charge on any atom is -0.462 e. The fourth-order valence-electron chi connectivity index (χ4n) is 4.58. The molecule has 0 spiro atoms. The van der Waals surface area contributed by atoms with E-state index in [1.54, 1.807) is 6.08 Å². The maximum absolute atomic E-state index is 11.7. The fourth-order valence-corrected chi connectivity index (χ4v) is 4.58. The molecule has 0 aromatic heterocycles. The van der Waals surface area contributed by atoms with E-state index in [4.69, 9.17) is 4.74 Å². The van der Waals surface area contributed by atoms with E-state index in [2.05, 4.69) is 13.5 Å². The Morgan fingerprint density at radius 1 is 1.04 bits per heavy atom.